The molecule has 0 amide bonds. The Hall–Kier alpha value is 0.532. The summed E-state index contributed by atoms with van der Waals surface area (Å²) in [5, 5.41) is 0. The zero-order valence-corrected chi connectivity index (χ0v) is 8.51. The predicted molar refractivity (Wildman–Crippen MR) is 54.6 cm³/mol. The van der Waals surface area contributed by atoms with Crippen molar-refractivity contribution in [3.05, 3.63) is 64.2 Å². The van der Waals surface area contributed by atoms with Crippen LogP contribution >= 0.6 is 0 Å². The van der Waals surface area contributed by atoms with Crippen LogP contribution < -0.4 is 0 Å². The molecule has 10 radical (unpaired) electrons. The Morgan fingerprint density at radius 3 is 0.583 bits per heavy atom. The molecule has 0 heterocycles. The molecular formula is C11H13Al+2. The minimum absolute atomic E-state index is 1.92. The van der Waals surface area contributed by atoms with E-state index in [0.717, 1.165) is 0 Å². The first kappa shape index (κ1) is 12.5. The van der Waals surface area contributed by atoms with Crippen LogP contribution in [-0.4, -0.2) is 16.3 Å². The molecule has 0 aromatic carbocycles. The van der Waals surface area contributed by atoms with E-state index in [-0.39, 0.29) is 0 Å². The van der Waals surface area contributed by atoms with Crippen LogP contribution in [-0.2, 0) is 0 Å². The van der Waals surface area contributed by atoms with Crippen molar-refractivity contribution in [2.45, 2.75) is 5.79 Å². The molecule has 2 fully saturated rings. The van der Waals surface area contributed by atoms with Gasteiger partial charge in [0.05, 0.1) is 0 Å². The van der Waals surface area contributed by atoms with E-state index < -0.39 is 0 Å². The molecule has 0 unspecified atom stereocenters. The van der Waals surface area contributed by atoms with Crippen molar-refractivity contribution >= 4 is 16.3 Å². The summed E-state index contributed by atoms with van der Waals surface area (Å²) < 4.78 is 0. The van der Waals surface area contributed by atoms with Gasteiger partial charge >= 0.3 is 22.1 Å². The zero-order valence-electron chi connectivity index (χ0n) is 7.35. The Bertz CT molecular complexity index is 38.2. The quantitative estimate of drug-likeness (QED) is 0.491. The van der Waals surface area contributed by atoms with Gasteiger partial charge in [-0.25, -0.2) is 0 Å². The van der Waals surface area contributed by atoms with Crippen LogP contribution in [0.2, 0.25) is 5.79 Å². The molecule has 2 saturated carbocycles. The van der Waals surface area contributed by atoms with Crippen molar-refractivity contribution < 1.29 is 0 Å². The van der Waals surface area contributed by atoms with Crippen LogP contribution in [0.3, 0.4) is 0 Å². The van der Waals surface area contributed by atoms with Crippen LogP contribution in [0.5, 0.6) is 0 Å². The molecule has 0 aromatic rings. The van der Waals surface area contributed by atoms with Gasteiger partial charge in [0.2, 0.25) is 0 Å². The first-order chi connectivity index (χ1) is 6.00. The second kappa shape index (κ2) is 11.5. The molecule has 58 valence electrons. The van der Waals surface area contributed by atoms with Crippen LogP contribution in [0.1, 0.15) is 0 Å². The van der Waals surface area contributed by atoms with Gasteiger partial charge in [-0.2, -0.15) is 0 Å². The fraction of sp³-hybridized carbons (Fsp3) is 0.0909. The van der Waals surface area contributed by atoms with Gasteiger partial charge in [0, 0.05) is 0 Å². The second-order valence-corrected chi connectivity index (χ2v) is 1.92. The average molecular weight is 172 g/mol. The molecule has 0 aromatic heterocycles. The molecule has 0 saturated heterocycles. The minimum Gasteiger partial charge on any atom is -0.0312 e. The summed E-state index contributed by atoms with van der Waals surface area (Å²) in [6.07, 6.45) is 20.0. The van der Waals surface area contributed by atoms with Gasteiger partial charge in [0.15, 0.2) is 0 Å². The average Bonchev–Trinajstić information content (AvgIpc) is 2.87. The number of rotatable bonds is 0. The molecule has 0 spiro atoms. The largest absolute Gasteiger partial charge is 0.0312 e. The standard InChI is InChI=1S/2C5H5.CH3.Al/c2*1-2-4-5-3-1;;/h2*1-5H;1H3;/q;;;+2. The molecule has 0 nitrogen and oxygen atoms in total. The normalized spacial score (nSPS) is 20.6. The SMILES string of the molecule is [CH3][Al+2].[CH]1[CH][CH][CH][CH]1.[CH]1[CH][CH][CH][CH]1. The van der Waals surface area contributed by atoms with Crippen molar-refractivity contribution in [2.75, 3.05) is 0 Å². The van der Waals surface area contributed by atoms with E-state index in [0.29, 0.717) is 0 Å². The third-order valence-electron chi connectivity index (χ3n) is 1.11. The van der Waals surface area contributed by atoms with Crippen molar-refractivity contribution in [3.8, 4) is 0 Å². The Morgan fingerprint density at radius 2 is 0.500 bits per heavy atom. The maximum Gasteiger partial charge on any atom is -0.0312 e. The summed E-state index contributed by atoms with van der Waals surface area (Å²) in [4.78, 5) is 0. The van der Waals surface area contributed by atoms with E-state index in [2.05, 4.69) is 16.3 Å². The Labute approximate surface area is 86.6 Å². The van der Waals surface area contributed by atoms with Crippen molar-refractivity contribution in [3.63, 3.8) is 0 Å². The second-order valence-electron chi connectivity index (χ2n) is 1.92. The molecule has 2 aliphatic carbocycles. The van der Waals surface area contributed by atoms with Gasteiger partial charge in [-0.1, -0.05) is 0 Å². The summed E-state index contributed by atoms with van der Waals surface area (Å²) in [7, 11) is 0. The first-order valence-corrected chi connectivity index (χ1v) is 5.07. The predicted octanol–water partition coefficient (Wildman–Crippen LogP) is 2.25. The summed E-state index contributed by atoms with van der Waals surface area (Å²) >= 11 is 2.42. The molecule has 2 aliphatic rings. The molecule has 0 bridgehead atoms. The van der Waals surface area contributed by atoms with Gasteiger partial charge in [0.25, 0.3) is 0 Å². The zero-order chi connectivity index (χ0) is 9.07. The fourth-order valence-electron chi connectivity index (χ4n) is 0.642. The molecule has 0 aliphatic heterocycles. The fourth-order valence-corrected chi connectivity index (χ4v) is 0.642. The third-order valence-corrected chi connectivity index (χ3v) is 1.11. The van der Waals surface area contributed by atoms with E-state index >= 15 is 0 Å². The van der Waals surface area contributed by atoms with Crippen molar-refractivity contribution in [1.82, 2.24) is 0 Å². The number of hydrogen-bond acceptors (Lipinski definition) is 0. The summed E-state index contributed by atoms with van der Waals surface area (Å²) in [6.45, 7) is 0. The van der Waals surface area contributed by atoms with Gasteiger partial charge in [0.1, 0.15) is 0 Å². The summed E-state index contributed by atoms with van der Waals surface area (Å²) in [6, 6.07) is 0. The molecule has 2 rings (SSSR count). The Morgan fingerprint density at radius 1 is 0.417 bits per heavy atom. The maximum atomic E-state index is 2.42. The topological polar surface area (TPSA) is 0 Å². The molecule has 0 atom stereocenters. The van der Waals surface area contributed by atoms with E-state index in [1.165, 1.54) is 0 Å². The van der Waals surface area contributed by atoms with Crippen LogP contribution in [0.4, 0.5) is 0 Å². The first-order valence-electron chi connectivity index (χ1n) is 3.91. The van der Waals surface area contributed by atoms with E-state index in [1.807, 2.05) is 70.0 Å². The van der Waals surface area contributed by atoms with Gasteiger partial charge < -0.3 is 0 Å². The van der Waals surface area contributed by atoms with E-state index in [4.69, 9.17) is 0 Å². The third kappa shape index (κ3) is 8.63. The molecule has 1 heteroatoms. The monoisotopic (exact) mass is 172 g/mol. The Balaban J connectivity index is 0.000000168. The van der Waals surface area contributed by atoms with Crippen molar-refractivity contribution in [2.24, 2.45) is 0 Å². The van der Waals surface area contributed by atoms with Gasteiger partial charge in [-0.05, 0) is 64.2 Å². The van der Waals surface area contributed by atoms with E-state index in [1.54, 1.807) is 0 Å². The maximum absolute atomic E-state index is 2.42. The van der Waals surface area contributed by atoms with Crippen LogP contribution in [0, 0.1) is 64.2 Å². The summed E-state index contributed by atoms with van der Waals surface area (Å²) in [5.74, 6) is 1.92. The van der Waals surface area contributed by atoms with Gasteiger partial charge in [-0.3, -0.25) is 0 Å². The minimum atomic E-state index is 1.92. The molecule has 12 heavy (non-hydrogen) atoms. The summed E-state index contributed by atoms with van der Waals surface area (Å²) in [5.41, 5.74) is 0. The Kier molecular flexibility index (Phi) is 12.0. The molecular weight excluding hydrogens is 159 g/mol. The van der Waals surface area contributed by atoms with Crippen LogP contribution in [0.25, 0.3) is 0 Å². The van der Waals surface area contributed by atoms with E-state index in [9.17, 15) is 0 Å². The van der Waals surface area contributed by atoms with Crippen LogP contribution in [0.15, 0.2) is 0 Å². The van der Waals surface area contributed by atoms with Gasteiger partial charge in [-0.15, -0.1) is 0 Å². The van der Waals surface area contributed by atoms with Crippen molar-refractivity contribution in [1.29, 1.82) is 0 Å². The molecule has 0 N–H and O–H groups in total. The number of hydrogen-bond donors (Lipinski definition) is 0. The smallest absolute Gasteiger partial charge is 0.0312 e.